The van der Waals surface area contributed by atoms with Crippen LogP contribution in [0.25, 0.3) is 0 Å². The number of aryl methyl sites for hydroxylation is 2. The minimum absolute atomic E-state index is 0.115. The second kappa shape index (κ2) is 6.78. The number of hydrogen-bond acceptors (Lipinski definition) is 3. The molecule has 120 valence electrons. The molecule has 0 aromatic carbocycles. The molecule has 1 N–H and O–H groups in total. The Kier molecular flexibility index (Phi) is 5.48. The molecule has 1 heterocycles. The van der Waals surface area contributed by atoms with E-state index in [0.717, 1.165) is 18.3 Å². The summed E-state index contributed by atoms with van der Waals surface area (Å²) in [5.74, 6) is 1.59. The van der Waals surface area contributed by atoms with E-state index in [0.29, 0.717) is 6.04 Å². The summed E-state index contributed by atoms with van der Waals surface area (Å²) >= 11 is 1.93. The summed E-state index contributed by atoms with van der Waals surface area (Å²) < 4.78 is 0. The van der Waals surface area contributed by atoms with Crippen molar-refractivity contribution in [2.45, 2.75) is 85.2 Å². The molecule has 0 amide bonds. The highest BCUT2D eigenvalue weighted by molar-refractivity contribution is 7.11. The van der Waals surface area contributed by atoms with E-state index < -0.39 is 0 Å². The first-order valence-corrected chi connectivity index (χ1v) is 9.44. The fourth-order valence-corrected chi connectivity index (χ4v) is 4.98. The second-order valence-electron chi connectivity index (χ2n) is 7.36. The maximum atomic E-state index is 5.03. The molecule has 1 fully saturated rings. The first-order valence-electron chi connectivity index (χ1n) is 8.62. The van der Waals surface area contributed by atoms with Gasteiger partial charge in [0.25, 0.3) is 0 Å². The summed E-state index contributed by atoms with van der Waals surface area (Å²) in [6.07, 6.45) is 6.24. The SMILES string of the molecule is CCc1nc(C2(NC(C)C)CCCC(C(C)C)C2)sc1C. The van der Waals surface area contributed by atoms with Gasteiger partial charge in [-0.2, -0.15) is 0 Å². The van der Waals surface area contributed by atoms with Crippen LogP contribution in [0.3, 0.4) is 0 Å². The zero-order valence-corrected chi connectivity index (χ0v) is 15.4. The monoisotopic (exact) mass is 308 g/mol. The number of thiazole rings is 1. The van der Waals surface area contributed by atoms with E-state index >= 15 is 0 Å². The van der Waals surface area contributed by atoms with Gasteiger partial charge in [0.1, 0.15) is 5.01 Å². The zero-order chi connectivity index (χ0) is 15.6. The molecule has 21 heavy (non-hydrogen) atoms. The molecule has 2 unspecified atom stereocenters. The van der Waals surface area contributed by atoms with Gasteiger partial charge in [0.15, 0.2) is 0 Å². The van der Waals surface area contributed by atoms with Gasteiger partial charge in [-0.05, 0) is 51.9 Å². The van der Waals surface area contributed by atoms with Gasteiger partial charge >= 0.3 is 0 Å². The van der Waals surface area contributed by atoms with Crippen molar-refractivity contribution in [1.82, 2.24) is 10.3 Å². The lowest BCUT2D eigenvalue weighted by Gasteiger charge is -2.43. The maximum Gasteiger partial charge on any atom is 0.113 e. The van der Waals surface area contributed by atoms with Crippen molar-refractivity contribution in [1.29, 1.82) is 0 Å². The van der Waals surface area contributed by atoms with E-state index in [1.165, 1.54) is 41.3 Å². The lowest BCUT2D eigenvalue weighted by molar-refractivity contribution is 0.138. The molecular formula is C18H32N2S. The van der Waals surface area contributed by atoms with Crippen LogP contribution in [0.1, 0.15) is 75.9 Å². The Bertz CT molecular complexity index is 464. The molecule has 3 heteroatoms. The predicted molar refractivity (Wildman–Crippen MR) is 93.0 cm³/mol. The highest BCUT2D eigenvalue weighted by Crippen LogP contribution is 2.44. The van der Waals surface area contributed by atoms with Gasteiger partial charge in [0.05, 0.1) is 11.2 Å². The smallest absolute Gasteiger partial charge is 0.113 e. The number of nitrogens with one attached hydrogen (secondary N) is 1. The van der Waals surface area contributed by atoms with Gasteiger partial charge in [0, 0.05) is 10.9 Å². The molecule has 0 saturated heterocycles. The van der Waals surface area contributed by atoms with Gasteiger partial charge in [-0.25, -0.2) is 4.98 Å². The van der Waals surface area contributed by atoms with Crippen LogP contribution >= 0.6 is 11.3 Å². The van der Waals surface area contributed by atoms with Crippen molar-refractivity contribution in [2.75, 3.05) is 0 Å². The molecule has 0 bridgehead atoms. The Balaban J connectivity index is 2.36. The van der Waals surface area contributed by atoms with E-state index in [1.54, 1.807) is 0 Å². The standard InChI is InChI=1S/C18H32N2S/c1-7-16-14(6)21-17(19-16)18(20-13(4)5)10-8-9-15(11-18)12(2)3/h12-13,15,20H,7-11H2,1-6H3. The lowest BCUT2D eigenvalue weighted by Crippen LogP contribution is -2.49. The molecule has 0 spiro atoms. The normalized spacial score (nSPS) is 26.8. The van der Waals surface area contributed by atoms with E-state index in [9.17, 15) is 0 Å². The molecule has 0 radical (unpaired) electrons. The van der Waals surface area contributed by atoms with Gasteiger partial charge in [-0.15, -0.1) is 11.3 Å². The second-order valence-corrected chi connectivity index (χ2v) is 8.56. The average Bonchev–Trinajstić information content (AvgIpc) is 2.80. The fourth-order valence-electron chi connectivity index (χ4n) is 3.79. The van der Waals surface area contributed by atoms with Gasteiger partial charge < -0.3 is 5.32 Å². The van der Waals surface area contributed by atoms with Crippen molar-refractivity contribution in [2.24, 2.45) is 11.8 Å². The Hall–Kier alpha value is -0.410. The average molecular weight is 309 g/mol. The minimum atomic E-state index is 0.115. The first kappa shape index (κ1) is 17.0. The van der Waals surface area contributed by atoms with E-state index in [1.807, 2.05) is 11.3 Å². The fraction of sp³-hybridized carbons (Fsp3) is 0.833. The molecular weight excluding hydrogens is 276 g/mol. The number of aromatic nitrogens is 1. The van der Waals surface area contributed by atoms with Gasteiger partial charge in [-0.3, -0.25) is 0 Å². The Labute approximate surface area is 134 Å². The van der Waals surface area contributed by atoms with E-state index in [-0.39, 0.29) is 5.54 Å². The van der Waals surface area contributed by atoms with Gasteiger partial charge in [0.2, 0.25) is 0 Å². The van der Waals surface area contributed by atoms with Crippen LogP contribution in [-0.4, -0.2) is 11.0 Å². The maximum absolute atomic E-state index is 5.03. The molecule has 1 saturated carbocycles. The largest absolute Gasteiger partial charge is 0.303 e. The molecule has 1 aliphatic carbocycles. The molecule has 1 aromatic rings. The summed E-state index contributed by atoms with van der Waals surface area (Å²) in [6, 6.07) is 0.505. The van der Waals surface area contributed by atoms with Crippen molar-refractivity contribution in [3.05, 3.63) is 15.6 Å². The third-order valence-electron chi connectivity index (χ3n) is 4.93. The van der Waals surface area contributed by atoms with Crippen LogP contribution in [0.4, 0.5) is 0 Å². The lowest BCUT2D eigenvalue weighted by atomic mass is 9.71. The minimum Gasteiger partial charge on any atom is -0.303 e. The van der Waals surface area contributed by atoms with E-state index in [4.69, 9.17) is 4.98 Å². The van der Waals surface area contributed by atoms with Gasteiger partial charge in [-0.1, -0.05) is 33.6 Å². The van der Waals surface area contributed by atoms with Crippen molar-refractivity contribution >= 4 is 11.3 Å². The molecule has 0 aliphatic heterocycles. The number of nitrogens with zero attached hydrogens (tertiary/aromatic N) is 1. The molecule has 2 rings (SSSR count). The van der Waals surface area contributed by atoms with Crippen LogP contribution in [0.5, 0.6) is 0 Å². The molecule has 2 atom stereocenters. The topological polar surface area (TPSA) is 24.9 Å². The summed E-state index contributed by atoms with van der Waals surface area (Å²) in [4.78, 5) is 6.43. The third kappa shape index (κ3) is 3.68. The summed E-state index contributed by atoms with van der Waals surface area (Å²) in [5.41, 5.74) is 1.41. The summed E-state index contributed by atoms with van der Waals surface area (Å²) in [6.45, 7) is 13.7. The van der Waals surface area contributed by atoms with Crippen LogP contribution in [0.15, 0.2) is 0 Å². The Morgan fingerprint density at radius 3 is 2.57 bits per heavy atom. The summed E-state index contributed by atoms with van der Waals surface area (Å²) in [7, 11) is 0. The van der Waals surface area contributed by atoms with E-state index in [2.05, 4.69) is 46.9 Å². The van der Waals surface area contributed by atoms with Crippen molar-refractivity contribution in [3.8, 4) is 0 Å². The quantitative estimate of drug-likeness (QED) is 0.823. The highest BCUT2D eigenvalue weighted by atomic mass is 32.1. The first-order chi connectivity index (χ1) is 9.88. The summed E-state index contributed by atoms with van der Waals surface area (Å²) in [5, 5.41) is 5.25. The van der Waals surface area contributed by atoms with Crippen LogP contribution in [0, 0.1) is 18.8 Å². The van der Waals surface area contributed by atoms with Crippen molar-refractivity contribution < 1.29 is 0 Å². The Morgan fingerprint density at radius 1 is 1.33 bits per heavy atom. The molecule has 2 nitrogen and oxygen atoms in total. The van der Waals surface area contributed by atoms with Crippen LogP contribution < -0.4 is 5.32 Å². The Morgan fingerprint density at radius 2 is 2.05 bits per heavy atom. The van der Waals surface area contributed by atoms with Crippen LogP contribution in [0.2, 0.25) is 0 Å². The number of hydrogen-bond donors (Lipinski definition) is 1. The van der Waals surface area contributed by atoms with Crippen molar-refractivity contribution in [3.63, 3.8) is 0 Å². The zero-order valence-electron chi connectivity index (χ0n) is 14.6. The molecule has 1 aromatic heterocycles. The molecule has 1 aliphatic rings. The third-order valence-corrected chi connectivity index (χ3v) is 6.15. The highest BCUT2D eigenvalue weighted by Gasteiger charge is 2.41. The van der Waals surface area contributed by atoms with Crippen LogP contribution in [-0.2, 0) is 12.0 Å². The predicted octanol–water partition coefficient (Wildman–Crippen LogP) is 5.05. The number of rotatable bonds is 5.